The van der Waals surface area contributed by atoms with Crippen molar-refractivity contribution in [3.8, 4) is 0 Å². The molecule has 0 radical (unpaired) electrons. The van der Waals surface area contributed by atoms with Crippen molar-refractivity contribution in [2.75, 3.05) is 0 Å². The van der Waals surface area contributed by atoms with Crippen molar-refractivity contribution in [1.82, 2.24) is 0 Å². The maximum atomic E-state index is 13.3. The molecule has 1 aromatic rings. The standard InChI is InChI=1S/C17H24FN/c1-11-7-12(2)9-14(8-11)17(19)6-5-13-10-15(18)3-4-16(13)17/h3-4,10-12,14H,5-9,19H2,1-2H3. The average molecular weight is 261 g/mol. The first-order valence-corrected chi connectivity index (χ1v) is 7.57. The van der Waals surface area contributed by atoms with Gasteiger partial charge >= 0.3 is 0 Å². The monoisotopic (exact) mass is 261 g/mol. The third kappa shape index (κ3) is 2.20. The first-order chi connectivity index (χ1) is 8.99. The van der Waals surface area contributed by atoms with Crippen molar-refractivity contribution < 1.29 is 4.39 Å². The number of benzene rings is 1. The Hall–Kier alpha value is -0.890. The van der Waals surface area contributed by atoms with Gasteiger partial charge in [0, 0.05) is 5.54 Å². The second-order valence-electron chi connectivity index (χ2n) is 6.96. The molecule has 1 aromatic carbocycles. The van der Waals surface area contributed by atoms with E-state index in [1.807, 2.05) is 6.07 Å². The van der Waals surface area contributed by atoms with Crippen LogP contribution in [0.1, 0.15) is 50.7 Å². The molecule has 1 fully saturated rings. The Labute approximate surface area is 115 Å². The van der Waals surface area contributed by atoms with E-state index < -0.39 is 0 Å². The van der Waals surface area contributed by atoms with E-state index in [0.717, 1.165) is 30.2 Å². The van der Waals surface area contributed by atoms with Gasteiger partial charge < -0.3 is 5.73 Å². The zero-order chi connectivity index (χ0) is 13.6. The highest BCUT2D eigenvalue weighted by atomic mass is 19.1. The third-order valence-corrected chi connectivity index (χ3v) is 5.28. The smallest absolute Gasteiger partial charge is 0.123 e. The van der Waals surface area contributed by atoms with Gasteiger partial charge in [0.05, 0.1) is 0 Å². The van der Waals surface area contributed by atoms with Crippen LogP contribution in [0.2, 0.25) is 0 Å². The lowest BCUT2D eigenvalue weighted by molar-refractivity contribution is 0.134. The molecular formula is C17H24FN. The first kappa shape index (κ1) is 13.1. The number of nitrogens with two attached hydrogens (primary N) is 1. The van der Waals surface area contributed by atoms with Crippen molar-refractivity contribution in [3.63, 3.8) is 0 Å². The summed E-state index contributed by atoms with van der Waals surface area (Å²) in [5.74, 6) is 1.95. The first-order valence-electron chi connectivity index (χ1n) is 7.57. The fourth-order valence-corrected chi connectivity index (χ4v) is 4.49. The maximum Gasteiger partial charge on any atom is 0.123 e. The summed E-state index contributed by atoms with van der Waals surface area (Å²) in [6, 6.07) is 5.18. The Morgan fingerprint density at radius 2 is 1.84 bits per heavy atom. The Kier molecular flexibility index (Phi) is 3.17. The van der Waals surface area contributed by atoms with Gasteiger partial charge in [-0.1, -0.05) is 19.9 Å². The summed E-state index contributed by atoms with van der Waals surface area (Å²) in [7, 11) is 0. The Morgan fingerprint density at radius 3 is 2.53 bits per heavy atom. The average Bonchev–Trinajstić information content (AvgIpc) is 2.66. The number of hydrogen-bond acceptors (Lipinski definition) is 1. The minimum atomic E-state index is -0.216. The SMILES string of the molecule is CC1CC(C)CC(C2(N)CCc3cc(F)ccc32)C1. The van der Waals surface area contributed by atoms with E-state index in [1.165, 1.54) is 24.8 Å². The number of aryl methyl sites for hydroxylation is 1. The summed E-state index contributed by atoms with van der Waals surface area (Å²) >= 11 is 0. The fourth-order valence-electron chi connectivity index (χ4n) is 4.49. The lowest BCUT2D eigenvalue weighted by Crippen LogP contribution is -2.45. The summed E-state index contributed by atoms with van der Waals surface area (Å²) in [5.41, 5.74) is 8.92. The van der Waals surface area contributed by atoms with Crippen LogP contribution in [0.3, 0.4) is 0 Å². The van der Waals surface area contributed by atoms with Crippen molar-refractivity contribution in [1.29, 1.82) is 0 Å². The maximum absolute atomic E-state index is 13.3. The van der Waals surface area contributed by atoms with Gasteiger partial charge in [-0.05, 0) is 73.1 Å². The third-order valence-electron chi connectivity index (χ3n) is 5.28. The molecule has 0 saturated heterocycles. The molecule has 2 heteroatoms. The summed E-state index contributed by atoms with van der Waals surface area (Å²) in [6.07, 6.45) is 5.68. The molecule has 0 aliphatic heterocycles. The Morgan fingerprint density at radius 1 is 1.16 bits per heavy atom. The van der Waals surface area contributed by atoms with E-state index in [-0.39, 0.29) is 11.4 Å². The van der Waals surface area contributed by atoms with Crippen molar-refractivity contribution >= 4 is 0 Å². The van der Waals surface area contributed by atoms with Crippen LogP contribution in [0.25, 0.3) is 0 Å². The number of halogens is 1. The molecule has 19 heavy (non-hydrogen) atoms. The van der Waals surface area contributed by atoms with Gasteiger partial charge in [0.2, 0.25) is 0 Å². The van der Waals surface area contributed by atoms with Crippen molar-refractivity contribution in [2.45, 2.75) is 51.5 Å². The lowest BCUT2D eigenvalue weighted by atomic mass is 9.66. The van der Waals surface area contributed by atoms with Gasteiger partial charge in [0.15, 0.2) is 0 Å². The van der Waals surface area contributed by atoms with Crippen LogP contribution >= 0.6 is 0 Å². The summed E-state index contributed by atoms with van der Waals surface area (Å²) in [5, 5.41) is 0. The molecule has 0 amide bonds. The topological polar surface area (TPSA) is 26.0 Å². The molecule has 0 aromatic heterocycles. The zero-order valence-electron chi connectivity index (χ0n) is 12.0. The molecule has 3 unspecified atom stereocenters. The molecule has 0 heterocycles. The normalized spacial score (nSPS) is 38.2. The van der Waals surface area contributed by atoms with E-state index in [4.69, 9.17) is 5.73 Å². The van der Waals surface area contributed by atoms with E-state index in [1.54, 1.807) is 12.1 Å². The highest BCUT2D eigenvalue weighted by Gasteiger charge is 2.44. The number of hydrogen-bond donors (Lipinski definition) is 1. The van der Waals surface area contributed by atoms with E-state index in [9.17, 15) is 4.39 Å². The highest BCUT2D eigenvalue weighted by Crippen LogP contribution is 2.48. The molecule has 0 bridgehead atoms. The van der Waals surface area contributed by atoms with Gasteiger partial charge in [-0.25, -0.2) is 4.39 Å². The number of rotatable bonds is 1. The second-order valence-corrected chi connectivity index (χ2v) is 6.96. The summed E-state index contributed by atoms with van der Waals surface area (Å²) in [6.45, 7) is 4.68. The molecule has 2 aliphatic rings. The second kappa shape index (κ2) is 4.59. The van der Waals surface area contributed by atoms with Crippen LogP contribution in [-0.4, -0.2) is 0 Å². The van der Waals surface area contributed by atoms with Crippen LogP contribution < -0.4 is 5.73 Å². The van der Waals surface area contributed by atoms with Crippen LogP contribution in [0, 0.1) is 23.6 Å². The summed E-state index contributed by atoms with van der Waals surface area (Å²) < 4.78 is 13.3. The van der Waals surface area contributed by atoms with Crippen LogP contribution in [0.15, 0.2) is 18.2 Å². The zero-order valence-corrected chi connectivity index (χ0v) is 12.0. The minimum Gasteiger partial charge on any atom is -0.321 e. The molecule has 2 aliphatic carbocycles. The van der Waals surface area contributed by atoms with Crippen molar-refractivity contribution in [2.24, 2.45) is 23.5 Å². The van der Waals surface area contributed by atoms with E-state index in [2.05, 4.69) is 13.8 Å². The number of fused-ring (bicyclic) bond motifs is 1. The molecule has 104 valence electrons. The fraction of sp³-hybridized carbons (Fsp3) is 0.647. The quantitative estimate of drug-likeness (QED) is 0.812. The predicted molar refractivity (Wildman–Crippen MR) is 76.3 cm³/mol. The molecule has 3 rings (SSSR count). The van der Waals surface area contributed by atoms with E-state index >= 15 is 0 Å². The Balaban J connectivity index is 1.93. The van der Waals surface area contributed by atoms with E-state index in [0.29, 0.717) is 5.92 Å². The highest BCUT2D eigenvalue weighted by molar-refractivity contribution is 5.39. The van der Waals surface area contributed by atoms with Gasteiger partial charge in [-0.15, -0.1) is 0 Å². The molecule has 2 N–H and O–H groups in total. The van der Waals surface area contributed by atoms with Crippen LogP contribution in [0.4, 0.5) is 4.39 Å². The molecule has 1 nitrogen and oxygen atoms in total. The molecule has 1 saturated carbocycles. The van der Waals surface area contributed by atoms with Crippen molar-refractivity contribution in [3.05, 3.63) is 35.1 Å². The van der Waals surface area contributed by atoms with Gasteiger partial charge in [-0.3, -0.25) is 0 Å². The lowest BCUT2D eigenvalue weighted by Gasteiger charge is -2.42. The van der Waals surface area contributed by atoms with Crippen LogP contribution in [-0.2, 0) is 12.0 Å². The Bertz CT molecular complexity index is 474. The predicted octanol–water partition coefficient (Wildman–Crippen LogP) is 4.00. The molecule has 3 atom stereocenters. The van der Waals surface area contributed by atoms with Gasteiger partial charge in [-0.2, -0.15) is 0 Å². The van der Waals surface area contributed by atoms with Gasteiger partial charge in [0.25, 0.3) is 0 Å². The summed E-state index contributed by atoms with van der Waals surface area (Å²) in [4.78, 5) is 0. The molecular weight excluding hydrogens is 237 g/mol. The minimum absolute atomic E-state index is 0.131. The molecule has 0 spiro atoms. The van der Waals surface area contributed by atoms with Gasteiger partial charge in [0.1, 0.15) is 5.82 Å². The van der Waals surface area contributed by atoms with Crippen LogP contribution in [0.5, 0.6) is 0 Å². The largest absolute Gasteiger partial charge is 0.321 e.